The van der Waals surface area contributed by atoms with Gasteiger partial charge in [-0.25, -0.2) is 4.79 Å². The fourth-order valence-electron chi connectivity index (χ4n) is 2.51. The minimum Gasteiger partial charge on any atom is -0.496 e. The van der Waals surface area contributed by atoms with Gasteiger partial charge in [-0.05, 0) is 24.0 Å². The average Bonchev–Trinajstić information content (AvgIpc) is 2.50. The van der Waals surface area contributed by atoms with Crippen molar-refractivity contribution in [3.05, 3.63) is 29.3 Å². The molecule has 0 aliphatic heterocycles. The Morgan fingerprint density at radius 3 is 2.55 bits per heavy atom. The fraction of sp³-hybridized carbons (Fsp3) is 0.588. The highest BCUT2D eigenvalue weighted by Crippen LogP contribution is 2.29. The first-order valence-electron chi connectivity index (χ1n) is 7.42. The number of esters is 1. The number of carbonyl (C=O) groups excluding carboxylic acids is 1. The number of benzene rings is 1. The molecule has 0 aliphatic carbocycles. The van der Waals surface area contributed by atoms with Crippen molar-refractivity contribution in [2.45, 2.75) is 46.0 Å². The molecule has 0 radical (unpaired) electrons. The van der Waals surface area contributed by atoms with E-state index in [-0.39, 0.29) is 5.97 Å². The van der Waals surface area contributed by atoms with Crippen LogP contribution in [0, 0.1) is 5.92 Å². The maximum Gasteiger partial charge on any atom is 0.341 e. The number of unbranched alkanes of at least 4 members (excludes halogenated alkanes) is 1. The summed E-state index contributed by atoms with van der Waals surface area (Å²) >= 11 is 0. The third kappa shape index (κ3) is 4.26. The fourth-order valence-corrected chi connectivity index (χ4v) is 2.51. The van der Waals surface area contributed by atoms with Gasteiger partial charge < -0.3 is 9.47 Å². The lowest BCUT2D eigenvalue weighted by atomic mass is 9.91. The summed E-state index contributed by atoms with van der Waals surface area (Å²) in [6.45, 7) is 4.43. The Bertz CT molecular complexity index is 426. The zero-order valence-corrected chi connectivity index (χ0v) is 13.1. The van der Waals surface area contributed by atoms with E-state index < -0.39 is 0 Å². The van der Waals surface area contributed by atoms with Crippen molar-refractivity contribution in [3.8, 4) is 5.75 Å². The highest BCUT2D eigenvalue weighted by Gasteiger charge is 2.18. The van der Waals surface area contributed by atoms with Crippen molar-refractivity contribution in [1.29, 1.82) is 0 Å². The van der Waals surface area contributed by atoms with Gasteiger partial charge >= 0.3 is 5.97 Å². The number of methoxy groups -OCH3 is 2. The number of ether oxygens (including phenoxy) is 2. The van der Waals surface area contributed by atoms with Crippen LogP contribution < -0.4 is 4.74 Å². The van der Waals surface area contributed by atoms with E-state index in [2.05, 4.69) is 13.8 Å². The molecule has 0 saturated heterocycles. The topological polar surface area (TPSA) is 35.5 Å². The van der Waals surface area contributed by atoms with Crippen LogP contribution >= 0.6 is 0 Å². The second-order valence-electron chi connectivity index (χ2n) is 5.11. The molecule has 0 spiro atoms. The molecular weight excluding hydrogens is 252 g/mol. The predicted molar refractivity (Wildman–Crippen MR) is 81.3 cm³/mol. The molecule has 20 heavy (non-hydrogen) atoms. The molecule has 0 aliphatic rings. The molecule has 1 aromatic carbocycles. The molecule has 1 aromatic rings. The molecule has 0 saturated carbocycles. The Kier molecular flexibility index (Phi) is 7.13. The van der Waals surface area contributed by atoms with E-state index in [1.165, 1.54) is 26.4 Å². The van der Waals surface area contributed by atoms with Gasteiger partial charge in [0, 0.05) is 0 Å². The summed E-state index contributed by atoms with van der Waals surface area (Å²) in [7, 11) is 3.00. The standard InChI is InChI=1S/C17H26O3/c1-5-7-9-13(6-2)12-14-10-8-11-15(16(14)19-3)17(18)20-4/h8,10-11,13H,5-7,9,12H2,1-4H3. The Balaban J connectivity index is 2.96. The van der Waals surface area contributed by atoms with Gasteiger partial charge in [0.25, 0.3) is 0 Å². The third-order valence-corrected chi connectivity index (χ3v) is 3.76. The van der Waals surface area contributed by atoms with Gasteiger partial charge in [-0.3, -0.25) is 0 Å². The quantitative estimate of drug-likeness (QED) is 0.667. The second kappa shape index (κ2) is 8.62. The number of para-hydroxylation sites is 1. The molecule has 1 rings (SSSR count). The molecule has 0 fully saturated rings. The lowest BCUT2D eigenvalue weighted by Crippen LogP contribution is -2.09. The Morgan fingerprint density at radius 1 is 1.25 bits per heavy atom. The molecule has 0 amide bonds. The maximum absolute atomic E-state index is 11.8. The van der Waals surface area contributed by atoms with Gasteiger partial charge in [0.05, 0.1) is 14.2 Å². The molecule has 0 heterocycles. The molecule has 1 atom stereocenters. The average molecular weight is 278 g/mol. The van der Waals surface area contributed by atoms with Crippen LogP contribution in [0.3, 0.4) is 0 Å². The van der Waals surface area contributed by atoms with Crippen molar-refractivity contribution in [2.24, 2.45) is 5.92 Å². The number of hydrogen-bond acceptors (Lipinski definition) is 3. The highest BCUT2D eigenvalue weighted by atomic mass is 16.5. The lowest BCUT2D eigenvalue weighted by molar-refractivity contribution is 0.0597. The highest BCUT2D eigenvalue weighted by molar-refractivity contribution is 5.92. The maximum atomic E-state index is 11.8. The van der Waals surface area contributed by atoms with Gasteiger partial charge in [0.15, 0.2) is 0 Å². The molecule has 0 bridgehead atoms. The molecule has 0 aromatic heterocycles. The molecular formula is C17H26O3. The summed E-state index contributed by atoms with van der Waals surface area (Å²) in [5, 5.41) is 0. The van der Waals surface area contributed by atoms with Crippen molar-refractivity contribution in [1.82, 2.24) is 0 Å². The lowest BCUT2D eigenvalue weighted by Gasteiger charge is -2.18. The summed E-state index contributed by atoms with van der Waals surface area (Å²) in [6, 6.07) is 5.69. The van der Waals surface area contributed by atoms with E-state index in [1.807, 2.05) is 12.1 Å². The largest absolute Gasteiger partial charge is 0.496 e. The van der Waals surface area contributed by atoms with E-state index in [4.69, 9.17) is 9.47 Å². The van der Waals surface area contributed by atoms with Crippen LogP contribution in [-0.4, -0.2) is 20.2 Å². The monoisotopic (exact) mass is 278 g/mol. The van der Waals surface area contributed by atoms with E-state index in [1.54, 1.807) is 13.2 Å². The van der Waals surface area contributed by atoms with E-state index in [9.17, 15) is 4.79 Å². The Labute approximate surface area is 122 Å². The van der Waals surface area contributed by atoms with Gasteiger partial charge in [-0.2, -0.15) is 0 Å². The first kappa shape index (κ1) is 16.5. The van der Waals surface area contributed by atoms with Gasteiger partial charge in [0.2, 0.25) is 0 Å². The normalized spacial score (nSPS) is 12.0. The van der Waals surface area contributed by atoms with Crippen LogP contribution in [0.25, 0.3) is 0 Å². The van der Waals surface area contributed by atoms with Crippen LogP contribution in [0.2, 0.25) is 0 Å². The van der Waals surface area contributed by atoms with Crippen LogP contribution in [0.15, 0.2) is 18.2 Å². The van der Waals surface area contributed by atoms with Gasteiger partial charge in [-0.15, -0.1) is 0 Å². The van der Waals surface area contributed by atoms with Gasteiger partial charge in [0.1, 0.15) is 11.3 Å². The zero-order valence-electron chi connectivity index (χ0n) is 13.1. The summed E-state index contributed by atoms with van der Waals surface area (Å²) in [5.41, 5.74) is 1.61. The molecule has 1 unspecified atom stereocenters. The zero-order chi connectivity index (χ0) is 15.0. The van der Waals surface area contributed by atoms with Crippen LogP contribution in [0.4, 0.5) is 0 Å². The second-order valence-corrected chi connectivity index (χ2v) is 5.11. The van der Waals surface area contributed by atoms with Crippen molar-refractivity contribution >= 4 is 5.97 Å². The first-order chi connectivity index (χ1) is 9.67. The third-order valence-electron chi connectivity index (χ3n) is 3.76. The summed E-state index contributed by atoms with van der Waals surface area (Å²) in [5.74, 6) is 0.955. The van der Waals surface area contributed by atoms with Crippen molar-refractivity contribution in [2.75, 3.05) is 14.2 Å². The molecule has 112 valence electrons. The summed E-state index contributed by atoms with van der Waals surface area (Å²) in [6.07, 6.45) is 5.78. The smallest absolute Gasteiger partial charge is 0.341 e. The Morgan fingerprint density at radius 2 is 2.00 bits per heavy atom. The van der Waals surface area contributed by atoms with Crippen molar-refractivity contribution < 1.29 is 14.3 Å². The van der Waals surface area contributed by atoms with Crippen LogP contribution in [-0.2, 0) is 11.2 Å². The van der Waals surface area contributed by atoms with E-state index in [0.717, 1.165) is 18.4 Å². The number of carbonyl (C=O) groups is 1. The SMILES string of the molecule is CCCCC(CC)Cc1cccc(C(=O)OC)c1OC. The summed E-state index contributed by atoms with van der Waals surface area (Å²) in [4.78, 5) is 11.8. The van der Waals surface area contributed by atoms with Gasteiger partial charge in [-0.1, -0.05) is 51.7 Å². The minimum atomic E-state index is -0.342. The summed E-state index contributed by atoms with van der Waals surface area (Å²) < 4.78 is 10.3. The van der Waals surface area contributed by atoms with Crippen molar-refractivity contribution in [3.63, 3.8) is 0 Å². The van der Waals surface area contributed by atoms with E-state index in [0.29, 0.717) is 17.2 Å². The van der Waals surface area contributed by atoms with E-state index >= 15 is 0 Å². The van der Waals surface area contributed by atoms with Crippen LogP contribution in [0.1, 0.15) is 55.5 Å². The van der Waals surface area contributed by atoms with Crippen LogP contribution in [0.5, 0.6) is 5.75 Å². The molecule has 3 heteroatoms. The molecule has 0 N–H and O–H groups in total. The first-order valence-corrected chi connectivity index (χ1v) is 7.42. The number of rotatable bonds is 8. The predicted octanol–water partition coefficient (Wildman–Crippen LogP) is 4.24. The number of hydrogen-bond donors (Lipinski definition) is 0. The molecule has 3 nitrogen and oxygen atoms in total. The minimum absolute atomic E-state index is 0.342. The Hall–Kier alpha value is -1.51.